The summed E-state index contributed by atoms with van der Waals surface area (Å²) in [6, 6.07) is 4.90. The van der Waals surface area contributed by atoms with Gasteiger partial charge in [0.25, 0.3) is 0 Å². The highest BCUT2D eigenvalue weighted by Gasteiger charge is 2.44. The van der Waals surface area contributed by atoms with Crippen LogP contribution >= 0.6 is 0 Å². The van der Waals surface area contributed by atoms with Gasteiger partial charge in [0.2, 0.25) is 15.9 Å². The highest BCUT2D eigenvalue weighted by atomic mass is 32.2. The van der Waals surface area contributed by atoms with E-state index in [-0.39, 0.29) is 51.5 Å². The molecule has 0 radical (unpaired) electrons. The SMILES string of the molecule is Cc1cc(F)ccc1[C@@H]1CN(S(=O)(=O)C2CCN(C(=O)O)CC2)CC[C@H]1C(=O)N(C)Cc1cc(C(F)(F)F)cc(C(F)(F)F)c1. The van der Waals surface area contributed by atoms with Gasteiger partial charge in [0.05, 0.1) is 16.4 Å². The number of carbonyl (C=O) groups is 2. The first-order chi connectivity index (χ1) is 20.8. The Labute approximate surface area is 255 Å². The molecule has 0 bridgehead atoms. The Bertz CT molecular complexity index is 1510. The van der Waals surface area contributed by atoms with Gasteiger partial charge in [-0.25, -0.2) is 21.9 Å². The van der Waals surface area contributed by atoms with Crippen LogP contribution in [0.3, 0.4) is 0 Å². The van der Waals surface area contributed by atoms with Gasteiger partial charge < -0.3 is 14.9 Å². The maximum absolute atomic E-state index is 14.0. The minimum absolute atomic E-state index is 0.000331. The van der Waals surface area contributed by atoms with Crippen LogP contribution in [-0.4, -0.2) is 78.1 Å². The van der Waals surface area contributed by atoms with Crippen molar-refractivity contribution >= 4 is 22.0 Å². The summed E-state index contributed by atoms with van der Waals surface area (Å²) >= 11 is 0. The van der Waals surface area contributed by atoms with Crippen molar-refractivity contribution in [3.8, 4) is 0 Å². The molecule has 2 aromatic rings. The smallest absolute Gasteiger partial charge is 0.416 e. The Balaban J connectivity index is 1.61. The van der Waals surface area contributed by atoms with Crippen molar-refractivity contribution in [2.75, 3.05) is 33.2 Å². The summed E-state index contributed by atoms with van der Waals surface area (Å²) in [5, 5.41) is 8.34. The number of sulfonamides is 1. The molecule has 2 amide bonds. The average Bonchev–Trinajstić information content (AvgIpc) is 2.95. The molecule has 2 aromatic carbocycles. The fourth-order valence-corrected chi connectivity index (χ4v) is 8.08. The van der Waals surface area contributed by atoms with Crippen LogP contribution in [-0.2, 0) is 33.7 Å². The van der Waals surface area contributed by atoms with E-state index in [2.05, 4.69) is 0 Å². The summed E-state index contributed by atoms with van der Waals surface area (Å²) in [7, 11) is -2.71. The Morgan fingerprint density at radius 2 is 1.51 bits per heavy atom. The topological polar surface area (TPSA) is 98.2 Å². The van der Waals surface area contributed by atoms with Crippen LogP contribution in [0.1, 0.15) is 53.0 Å². The molecule has 2 saturated heterocycles. The quantitative estimate of drug-likeness (QED) is 0.399. The maximum atomic E-state index is 14.0. The van der Waals surface area contributed by atoms with Crippen molar-refractivity contribution in [1.29, 1.82) is 0 Å². The molecular formula is C29H32F7N3O5S. The van der Waals surface area contributed by atoms with Crippen LogP contribution < -0.4 is 0 Å². The zero-order valence-corrected chi connectivity index (χ0v) is 25.1. The maximum Gasteiger partial charge on any atom is 0.416 e. The van der Waals surface area contributed by atoms with Crippen LogP contribution in [0.4, 0.5) is 35.5 Å². The fourth-order valence-electron chi connectivity index (χ4n) is 6.12. The number of amides is 2. The molecule has 1 N–H and O–H groups in total. The summed E-state index contributed by atoms with van der Waals surface area (Å²) in [4.78, 5) is 27.2. The van der Waals surface area contributed by atoms with Gasteiger partial charge in [-0.3, -0.25) is 4.79 Å². The number of benzene rings is 2. The van der Waals surface area contributed by atoms with Gasteiger partial charge in [-0.2, -0.15) is 26.3 Å². The molecule has 45 heavy (non-hydrogen) atoms. The number of rotatable bonds is 6. The van der Waals surface area contributed by atoms with E-state index in [0.29, 0.717) is 23.3 Å². The lowest BCUT2D eigenvalue weighted by atomic mass is 9.79. The number of carboxylic acid groups (broad SMARTS) is 1. The van der Waals surface area contributed by atoms with E-state index in [0.717, 1.165) is 15.9 Å². The van der Waals surface area contributed by atoms with Gasteiger partial charge in [-0.05, 0) is 73.2 Å². The predicted octanol–water partition coefficient (Wildman–Crippen LogP) is 5.71. The normalized spacial score (nSPS) is 20.7. The van der Waals surface area contributed by atoms with Gasteiger partial charge >= 0.3 is 18.4 Å². The Kier molecular flexibility index (Phi) is 9.79. The summed E-state index contributed by atoms with van der Waals surface area (Å²) in [6.45, 7) is 0.794. The third-order valence-electron chi connectivity index (χ3n) is 8.46. The molecular weight excluding hydrogens is 635 g/mol. The second kappa shape index (κ2) is 12.8. The number of hydrogen-bond acceptors (Lipinski definition) is 4. The van der Waals surface area contributed by atoms with Gasteiger partial charge in [0, 0.05) is 51.6 Å². The number of alkyl halides is 6. The molecule has 4 rings (SSSR count). The number of aryl methyl sites for hydroxylation is 1. The summed E-state index contributed by atoms with van der Waals surface area (Å²) in [5.74, 6) is -2.92. The summed E-state index contributed by atoms with van der Waals surface area (Å²) in [6.07, 6.45) is -11.1. The van der Waals surface area contributed by atoms with E-state index in [1.165, 1.54) is 23.5 Å². The molecule has 2 fully saturated rings. The lowest BCUT2D eigenvalue weighted by Gasteiger charge is -2.41. The largest absolute Gasteiger partial charge is 0.465 e. The van der Waals surface area contributed by atoms with Crippen molar-refractivity contribution in [2.24, 2.45) is 5.92 Å². The van der Waals surface area contributed by atoms with Crippen LogP contribution in [0.15, 0.2) is 36.4 Å². The van der Waals surface area contributed by atoms with E-state index in [1.54, 1.807) is 6.92 Å². The molecule has 2 aliphatic rings. The highest BCUT2D eigenvalue weighted by Crippen LogP contribution is 2.39. The molecule has 2 aliphatic heterocycles. The van der Waals surface area contributed by atoms with E-state index in [9.17, 15) is 53.8 Å². The molecule has 0 aliphatic carbocycles. The highest BCUT2D eigenvalue weighted by molar-refractivity contribution is 7.89. The number of likely N-dealkylation sites (tertiary alicyclic amines) is 1. The number of nitrogens with zero attached hydrogens (tertiary/aromatic N) is 3. The molecule has 16 heteroatoms. The lowest BCUT2D eigenvalue weighted by molar-refractivity contribution is -0.143. The van der Waals surface area contributed by atoms with Crippen LogP contribution in [0.2, 0.25) is 0 Å². The first-order valence-corrected chi connectivity index (χ1v) is 15.6. The second-order valence-corrected chi connectivity index (χ2v) is 13.7. The first-order valence-electron chi connectivity index (χ1n) is 14.0. The standard InChI is InChI=1S/C29H32F7N3O5S/c1-17-11-21(30)3-4-23(17)25-16-39(45(43,44)22-5-8-38(9-6-22)27(41)42)10-7-24(25)26(40)37(2)15-18-12-19(28(31,32)33)14-20(13-18)29(34,35)36/h3-4,11-14,22,24-25H,5-10,15-16H2,1-2H3,(H,41,42)/t24-,25+/m1/s1. The molecule has 0 saturated carbocycles. The van der Waals surface area contributed by atoms with E-state index >= 15 is 0 Å². The van der Waals surface area contributed by atoms with Crippen molar-refractivity contribution in [1.82, 2.24) is 14.1 Å². The first kappa shape index (κ1) is 34.5. The van der Waals surface area contributed by atoms with Gasteiger partial charge in [-0.1, -0.05) is 6.07 Å². The molecule has 2 heterocycles. The van der Waals surface area contributed by atoms with Crippen LogP contribution in [0.5, 0.6) is 0 Å². The molecule has 0 aromatic heterocycles. The third kappa shape index (κ3) is 7.71. The monoisotopic (exact) mass is 667 g/mol. The molecule has 0 unspecified atom stereocenters. The summed E-state index contributed by atoms with van der Waals surface area (Å²) in [5.41, 5.74) is -2.51. The number of carbonyl (C=O) groups excluding carboxylic acids is 1. The fraction of sp³-hybridized carbons (Fsp3) is 0.517. The molecule has 0 spiro atoms. The lowest BCUT2D eigenvalue weighted by Crippen LogP contribution is -2.52. The minimum Gasteiger partial charge on any atom is -0.465 e. The van der Waals surface area contributed by atoms with E-state index in [1.807, 2.05) is 0 Å². The van der Waals surface area contributed by atoms with E-state index < -0.39 is 80.5 Å². The molecule has 2 atom stereocenters. The van der Waals surface area contributed by atoms with Crippen LogP contribution in [0.25, 0.3) is 0 Å². The number of halogens is 7. The average molecular weight is 668 g/mol. The number of piperidine rings is 2. The third-order valence-corrected chi connectivity index (χ3v) is 10.8. The Hall–Kier alpha value is -3.40. The zero-order valence-electron chi connectivity index (χ0n) is 24.3. The second-order valence-electron chi connectivity index (χ2n) is 11.5. The number of hydrogen-bond donors (Lipinski definition) is 1. The van der Waals surface area contributed by atoms with Gasteiger partial charge in [-0.15, -0.1) is 0 Å². The van der Waals surface area contributed by atoms with E-state index in [4.69, 9.17) is 0 Å². The molecule has 248 valence electrons. The van der Waals surface area contributed by atoms with Gasteiger partial charge in [0.15, 0.2) is 0 Å². The Morgan fingerprint density at radius 3 is 2.02 bits per heavy atom. The zero-order chi connectivity index (χ0) is 33.5. The van der Waals surface area contributed by atoms with Crippen LogP contribution in [0, 0.1) is 18.7 Å². The predicted molar refractivity (Wildman–Crippen MR) is 148 cm³/mol. The van der Waals surface area contributed by atoms with Crippen molar-refractivity contribution in [3.05, 3.63) is 70.0 Å². The van der Waals surface area contributed by atoms with Crippen molar-refractivity contribution in [3.63, 3.8) is 0 Å². The summed E-state index contributed by atoms with van der Waals surface area (Å²) < 4.78 is 123. The Morgan fingerprint density at radius 1 is 0.933 bits per heavy atom. The van der Waals surface area contributed by atoms with Crippen molar-refractivity contribution in [2.45, 2.75) is 56.3 Å². The van der Waals surface area contributed by atoms with Crippen molar-refractivity contribution < 1.29 is 53.8 Å². The molecule has 8 nitrogen and oxygen atoms in total. The van der Waals surface area contributed by atoms with Gasteiger partial charge in [0.1, 0.15) is 5.82 Å². The minimum atomic E-state index is -5.06.